The molecule has 0 radical (unpaired) electrons. The first-order valence-corrected chi connectivity index (χ1v) is 7.54. The standard InChI is InChI=1S/C15H16Cl2N2O/c1-8-3-2-4-10(8)14-13(15(18)19-20-14)11-6-5-9(16)7-12(11)17/h5-8,10H,2-4H2,1H3,(H2,18,19). The number of benzene rings is 1. The van der Waals surface area contributed by atoms with E-state index in [-0.39, 0.29) is 0 Å². The third kappa shape index (κ3) is 2.29. The van der Waals surface area contributed by atoms with E-state index in [0.29, 0.717) is 27.7 Å². The van der Waals surface area contributed by atoms with Crippen molar-refractivity contribution in [2.24, 2.45) is 5.92 Å². The van der Waals surface area contributed by atoms with Crippen LogP contribution in [0.2, 0.25) is 10.0 Å². The van der Waals surface area contributed by atoms with E-state index in [9.17, 15) is 0 Å². The molecule has 5 heteroatoms. The number of aromatic nitrogens is 1. The minimum atomic E-state index is 0.363. The minimum Gasteiger partial charge on any atom is -0.380 e. The first kappa shape index (κ1) is 13.8. The van der Waals surface area contributed by atoms with E-state index in [1.165, 1.54) is 12.8 Å². The number of nitrogens with zero attached hydrogens (tertiary/aromatic N) is 1. The molecule has 1 aliphatic rings. The SMILES string of the molecule is CC1CCCC1c1onc(N)c1-c1ccc(Cl)cc1Cl. The molecule has 1 aromatic carbocycles. The van der Waals surface area contributed by atoms with Crippen molar-refractivity contribution in [2.45, 2.75) is 32.1 Å². The molecule has 1 aromatic heterocycles. The van der Waals surface area contributed by atoms with Gasteiger partial charge in [0.25, 0.3) is 0 Å². The fraction of sp³-hybridized carbons (Fsp3) is 0.400. The maximum absolute atomic E-state index is 6.30. The monoisotopic (exact) mass is 310 g/mol. The van der Waals surface area contributed by atoms with Crippen LogP contribution in [0.3, 0.4) is 0 Å². The second-order valence-electron chi connectivity index (χ2n) is 5.45. The van der Waals surface area contributed by atoms with Gasteiger partial charge in [0.05, 0.1) is 10.6 Å². The highest BCUT2D eigenvalue weighted by atomic mass is 35.5. The van der Waals surface area contributed by atoms with E-state index < -0.39 is 0 Å². The Morgan fingerprint density at radius 3 is 2.75 bits per heavy atom. The Labute approximate surface area is 128 Å². The van der Waals surface area contributed by atoms with Crippen molar-refractivity contribution >= 4 is 29.0 Å². The van der Waals surface area contributed by atoms with Crippen LogP contribution in [-0.4, -0.2) is 5.16 Å². The van der Waals surface area contributed by atoms with E-state index >= 15 is 0 Å². The molecule has 3 nitrogen and oxygen atoms in total. The number of nitrogens with two attached hydrogens (primary N) is 1. The average molecular weight is 311 g/mol. The van der Waals surface area contributed by atoms with Gasteiger partial charge in [0.1, 0.15) is 5.76 Å². The maximum Gasteiger partial charge on any atom is 0.175 e. The second-order valence-corrected chi connectivity index (χ2v) is 6.29. The van der Waals surface area contributed by atoms with Gasteiger partial charge >= 0.3 is 0 Å². The van der Waals surface area contributed by atoms with Gasteiger partial charge in [-0.2, -0.15) is 0 Å². The van der Waals surface area contributed by atoms with E-state index in [1.54, 1.807) is 12.1 Å². The lowest BCUT2D eigenvalue weighted by atomic mass is 9.90. The van der Waals surface area contributed by atoms with Crippen LogP contribution in [0.1, 0.15) is 37.9 Å². The zero-order valence-corrected chi connectivity index (χ0v) is 12.7. The van der Waals surface area contributed by atoms with E-state index in [4.69, 9.17) is 33.5 Å². The second kappa shape index (κ2) is 5.30. The van der Waals surface area contributed by atoms with Crippen LogP contribution in [0.5, 0.6) is 0 Å². The van der Waals surface area contributed by atoms with Gasteiger partial charge in [-0.05, 0) is 30.9 Å². The molecule has 2 unspecified atom stereocenters. The molecule has 2 atom stereocenters. The van der Waals surface area contributed by atoms with Crippen molar-refractivity contribution in [3.8, 4) is 11.1 Å². The lowest BCUT2D eigenvalue weighted by molar-refractivity contribution is 0.341. The van der Waals surface area contributed by atoms with E-state index in [1.807, 2.05) is 6.07 Å². The van der Waals surface area contributed by atoms with Crippen molar-refractivity contribution < 1.29 is 4.52 Å². The summed E-state index contributed by atoms with van der Waals surface area (Å²) in [5.74, 6) is 2.19. The summed E-state index contributed by atoms with van der Waals surface area (Å²) >= 11 is 12.3. The number of nitrogen functional groups attached to an aromatic ring is 1. The van der Waals surface area contributed by atoms with Crippen LogP contribution in [0.15, 0.2) is 22.7 Å². The summed E-state index contributed by atoms with van der Waals surface area (Å²) in [7, 11) is 0. The molecular formula is C15H16Cl2N2O. The van der Waals surface area contributed by atoms with Crippen molar-refractivity contribution in [2.75, 3.05) is 5.73 Å². The summed E-state index contributed by atoms with van der Waals surface area (Å²) in [5, 5.41) is 5.12. The lowest BCUT2D eigenvalue weighted by Crippen LogP contribution is -2.03. The highest BCUT2D eigenvalue weighted by Crippen LogP contribution is 2.46. The number of rotatable bonds is 2. The third-order valence-corrected chi connectivity index (χ3v) is 4.69. The summed E-state index contributed by atoms with van der Waals surface area (Å²) in [4.78, 5) is 0. The van der Waals surface area contributed by atoms with Crippen molar-refractivity contribution in [1.82, 2.24) is 5.16 Å². The predicted octanol–water partition coefficient (Wildman–Crippen LogP) is 5.13. The Morgan fingerprint density at radius 2 is 2.10 bits per heavy atom. The molecule has 2 aromatic rings. The van der Waals surface area contributed by atoms with Gasteiger partial charge in [0.2, 0.25) is 0 Å². The van der Waals surface area contributed by atoms with E-state index in [0.717, 1.165) is 23.3 Å². The van der Waals surface area contributed by atoms with Crippen LogP contribution in [-0.2, 0) is 0 Å². The molecule has 3 rings (SSSR count). The highest BCUT2D eigenvalue weighted by Gasteiger charge is 2.32. The number of halogens is 2. The largest absolute Gasteiger partial charge is 0.380 e. The molecule has 1 fully saturated rings. The molecule has 1 saturated carbocycles. The predicted molar refractivity (Wildman–Crippen MR) is 82.1 cm³/mol. The normalized spacial score (nSPS) is 22.4. The van der Waals surface area contributed by atoms with Crippen LogP contribution in [0.4, 0.5) is 5.82 Å². The minimum absolute atomic E-state index is 0.363. The van der Waals surface area contributed by atoms with Gasteiger partial charge < -0.3 is 10.3 Å². The van der Waals surface area contributed by atoms with Crippen LogP contribution >= 0.6 is 23.2 Å². The molecular weight excluding hydrogens is 295 g/mol. The van der Waals surface area contributed by atoms with Crippen molar-refractivity contribution in [3.05, 3.63) is 34.0 Å². The van der Waals surface area contributed by atoms with Crippen LogP contribution in [0, 0.1) is 5.92 Å². The average Bonchev–Trinajstić information content (AvgIpc) is 2.96. The summed E-state index contributed by atoms with van der Waals surface area (Å²) in [6.45, 7) is 2.24. The first-order valence-electron chi connectivity index (χ1n) is 6.78. The Hall–Kier alpha value is -1.19. The molecule has 0 amide bonds. The molecule has 106 valence electrons. The molecule has 1 heterocycles. The smallest absolute Gasteiger partial charge is 0.175 e. The summed E-state index contributed by atoms with van der Waals surface area (Å²) in [6, 6.07) is 5.39. The van der Waals surface area contributed by atoms with Gasteiger partial charge in [0, 0.05) is 16.5 Å². The van der Waals surface area contributed by atoms with Gasteiger partial charge in [-0.1, -0.05) is 47.8 Å². The lowest BCUT2D eigenvalue weighted by Gasteiger charge is -2.14. The zero-order chi connectivity index (χ0) is 14.3. The zero-order valence-electron chi connectivity index (χ0n) is 11.2. The first-order chi connectivity index (χ1) is 9.58. The molecule has 0 aliphatic heterocycles. The summed E-state index contributed by atoms with van der Waals surface area (Å²) in [6.07, 6.45) is 3.52. The number of anilines is 1. The van der Waals surface area contributed by atoms with E-state index in [2.05, 4.69) is 12.1 Å². The van der Waals surface area contributed by atoms with Gasteiger partial charge in [-0.25, -0.2) is 0 Å². The maximum atomic E-state index is 6.30. The van der Waals surface area contributed by atoms with Crippen molar-refractivity contribution in [1.29, 1.82) is 0 Å². The molecule has 2 N–H and O–H groups in total. The Kier molecular flexibility index (Phi) is 3.65. The fourth-order valence-electron chi connectivity index (χ4n) is 3.07. The topological polar surface area (TPSA) is 52.0 Å². The molecule has 20 heavy (non-hydrogen) atoms. The fourth-order valence-corrected chi connectivity index (χ4v) is 3.57. The summed E-state index contributed by atoms with van der Waals surface area (Å²) < 4.78 is 5.52. The number of hydrogen-bond donors (Lipinski definition) is 1. The third-order valence-electron chi connectivity index (χ3n) is 4.14. The van der Waals surface area contributed by atoms with Gasteiger partial charge in [0.15, 0.2) is 5.82 Å². The molecule has 0 bridgehead atoms. The highest BCUT2D eigenvalue weighted by molar-refractivity contribution is 6.36. The summed E-state index contributed by atoms with van der Waals surface area (Å²) in [5.41, 5.74) is 7.66. The van der Waals surface area contributed by atoms with Gasteiger partial charge in [-0.15, -0.1) is 0 Å². The van der Waals surface area contributed by atoms with Crippen LogP contribution < -0.4 is 5.73 Å². The van der Waals surface area contributed by atoms with Gasteiger partial charge in [-0.3, -0.25) is 0 Å². The molecule has 1 aliphatic carbocycles. The van der Waals surface area contributed by atoms with Crippen molar-refractivity contribution in [3.63, 3.8) is 0 Å². The molecule has 0 saturated heterocycles. The quantitative estimate of drug-likeness (QED) is 0.836. The molecule has 0 spiro atoms. The number of hydrogen-bond acceptors (Lipinski definition) is 3. The Balaban J connectivity index is 2.11. The Morgan fingerprint density at radius 1 is 1.30 bits per heavy atom. The Bertz CT molecular complexity index is 639. The van der Waals surface area contributed by atoms with Crippen LogP contribution in [0.25, 0.3) is 11.1 Å².